The summed E-state index contributed by atoms with van der Waals surface area (Å²) in [5.41, 5.74) is 1.42. The van der Waals surface area contributed by atoms with Gasteiger partial charge < -0.3 is 0 Å². The van der Waals surface area contributed by atoms with Crippen molar-refractivity contribution in [2.24, 2.45) is 0 Å². The zero-order chi connectivity index (χ0) is 14.0. The average molecular weight is 341 g/mol. The van der Waals surface area contributed by atoms with E-state index >= 15 is 0 Å². The summed E-state index contributed by atoms with van der Waals surface area (Å²) in [5.74, 6) is 0.309. The highest BCUT2D eigenvalue weighted by Crippen LogP contribution is 2.20. The molecule has 0 aliphatic rings. The quantitative estimate of drug-likeness (QED) is 0.932. The van der Waals surface area contributed by atoms with Gasteiger partial charge in [-0.05, 0) is 53.5 Å². The number of hydrogen-bond donors (Lipinski definition) is 1. The van der Waals surface area contributed by atoms with Gasteiger partial charge in [0.25, 0.3) is 10.0 Å². The summed E-state index contributed by atoms with van der Waals surface area (Å²) in [6, 6.07) is 10.2. The Kier molecular flexibility index (Phi) is 3.91. The van der Waals surface area contributed by atoms with Gasteiger partial charge in [0.15, 0.2) is 0 Å². The van der Waals surface area contributed by atoms with Crippen LogP contribution in [-0.2, 0) is 10.0 Å². The van der Waals surface area contributed by atoms with E-state index in [0.29, 0.717) is 11.4 Å². The minimum Gasteiger partial charge on any atom is -0.263 e. The van der Waals surface area contributed by atoms with Crippen molar-refractivity contribution in [2.45, 2.75) is 18.7 Å². The predicted molar refractivity (Wildman–Crippen MR) is 78.7 cm³/mol. The lowest BCUT2D eigenvalue weighted by atomic mass is 10.2. The first-order valence-electron chi connectivity index (χ1n) is 5.62. The minimum absolute atomic E-state index is 0.261. The predicted octanol–water partition coefficient (Wildman–Crippen LogP) is 3.26. The van der Waals surface area contributed by atoms with Gasteiger partial charge in [0.1, 0.15) is 5.82 Å². The van der Waals surface area contributed by atoms with Crippen LogP contribution in [-0.4, -0.2) is 13.4 Å². The number of nitrogens with one attached hydrogen (secondary N) is 1. The van der Waals surface area contributed by atoms with E-state index in [1.54, 1.807) is 50.2 Å². The van der Waals surface area contributed by atoms with Crippen LogP contribution in [0.2, 0.25) is 0 Å². The Labute approximate surface area is 121 Å². The van der Waals surface area contributed by atoms with Crippen molar-refractivity contribution in [1.82, 2.24) is 4.98 Å². The van der Waals surface area contributed by atoms with E-state index in [1.807, 2.05) is 0 Å². The Morgan fingerprint density at radius 3 is 2.42 bits per heavy atom. The van der Waals surface area contributed by atoms with Crippen LogP contribution in [0.3, 0.4) is 0 Å². The van der Waals surface area contributed by atoms with Crippen molar-refractivity contribution in [2.75, 3.05) is 4.72 Å². The van der Waals surface area contributed by atoms with E-state index < -0.39 is 10.0 Å². The Balaban J connectivity index is 2.37. The number of sulfonamides is 1. The summed E-state index contributed by atoms with van der Waals surface area (Å²) in [7, 11) is -3.60. The zero-order valence-corrected chi connectivity index (χ0v) is 12.9. The van der Waals surface area contributed by atoms with Crippen molar-refractivity contribution >= 4 is 31.8 Å². The topological polar surface area (TPSA) is 59.1 Å². The molecular weight excluding hydrogens is 328 g/mol. The number of nitrogens with zero attached hydrogens (tertiary/aromatic N) is 1. The van der Waals surface area contributed by atoms with Crippen LogP contribution in [0.15, 0.2) is 45.8 Å². The van der Waals surface area contributed by atoms with Crippen LogP contribution in [0.25, 0.3) is 0 Å². The van der Waals surface area contributed by atoms with E-state index in [2.05, 4.69) is 25.6 Å². The van der Waals surface area contributed by atoms with E-state index in [0.717, 1.165) is 10.2 Å². The summed E-state index contributed by atoms with van der Waals surface area (Å²) in [5, 5.41) is 0. The van der Waals surface area contributed by atoms with Gasteiger partial charge in [-0.2, -0.15) is 0 Å². The van der Waals surface area contributed by atoms with Gasteiger partial charge in [0, 0.05) is 4.47 Å². The fraction of sp³-hybridized carbons (Fsp3) is 0.154. The maximum atomic E-state index is 12.3. The van der Waals surface area contributed by atoms with Crippen LogP contribution in [0.5, 0.6) is 0 Å². The van der Waals surface area contributed by atoms with Crippen molar-refractivity contribution in [3.05, 3.63) is 52.1 Å². The number of aryl methyl sites for hydroxylation is 2. The third kappa shape index (κ3) is 3.13. The van der Waals surface area contributed by atoms with E-state index in [1.165, 1.54) is 0 Å². The standard InChI is InChI=1S/C13H13BrN2O2S/c1-9-5-3-4-6-12(9)19(17,18)16-13-8-7-11(14)10(2)15-13/h3-8H,1-2H3,(H,15,16). The molecule has 0 fully saturated rings. The number of pyridine rings is 1. The molecule has 1 heterocycles. The second-order valence-corrected chi connectivity index (χ2v) is 6.64. The van der Waals surface area contributed by atoms with Gasteiger partial charge >= 0.3 is 0 Å². The number of anilines is 1. The van der Waals surface area contributed by atoms with Gasteiger partial charge in [-0.3, -0.25) is 4.72 Å². The second kappa shape index (κ2) is 5.30. The lowest BCUT2D eigenvalue weighted by Gasteiger charge is -2.10. The highest BCUT2D eigenvalue weighted by Gasteiger charge is 2.17. The Morgan fingerprint density at radius 2 is 1.79 bits per heavy atom. The zero-order valence-electron chi connectivity index (χ0n) is 10.5. The van der Waals surface area contributed by atoms with Crippen molar-refractivity contribution in [3.63, 3.8) is 0 Å². The Morgan fingerprint density at radius 1 is 1.11 bits per heavy atom. The molecule has 2 aromatic rings. The highest BCUT2D eigenvalue weighted by atomic mass is 79.9. The molecule has 4 nitrogen and oxygen atoms in total. The molecule has 0 amide bonds. The fourth-order valence-electron chi connectivity index (χ4n) is 1.65. The third-order valence-electron chi connectivity index (χ3n) is 2.64. The Hall–Kier alpha value is -1.40. The maximum absolute atomic E-state index is 12.3. The molecule has 0 saturated heterocycles. The monoisotopic (exact) mass is 340 g/mol. The smallest absolute Gasteiger partial charge is 0.263 e. The molecule has 0 atom stereocenters. The van der Waals surface area contributed by atoms with Crippen LogP contribution in [0, 0.1) is 13.8 Å². The molecule has 2 rings (SSSR count). The first-order valence-corrected chi connectivity index (χ1v) is 7.89. The third-order valence-corrected chi connectivity index (χ3v) is 5.00. The van der Waals surface area contributed by atoms with Gasteiger partial charge in [-0.1, -0.05) is 18.2 Å². The van der Waals surface area contributed by atoms with Gasteiger partial charge in [-0.25, -0.2) is 13.4 Å². The lowest BCUT2D eigenvalue weighted by molar-refractivity contribution is 0.600. The number of aromatic nitrogens is 1. The fourth-order valence-corrected chi connectivity index (χ4v) is 3.12. The molecule has 0 aliphatic carbocycles. The molecular formula is C13H13BrN2O2S. The van der Waals surface area contributed by atoms with E-state index in [-0.39, 0.29) is 4.90 Å². The minimum atomic E-state index is -3.60. The van der Waals surface area contributed by atoms with Crippen molar-refractivity contribution < 1.29 is 8.42 Å². The molecule has 1 aromatic carbocycles. The molecule has 0 spiro atoms. The second-order valence-electron chi connectivity index (χ2n) is 4.13. The first-order chi connectivity index (χ1) is 8.90. The maximum Gasteiger partial charge on any atom is 0.263 e. The molecule has 19 heavy (non-hydrogen) atoms. The van der Waals surface area contributed by atoms with E-state index in [9.17, 15) is 8.42 Å². The van der Waals surface area contributed by atoms with Crippen molar-refractivity contribution in [3.8, 4) is 0 Å². The summed E-state index contributed by atoms with van der Waals surface area (Å²) in [6.45, 7) is 3.56. The first kappa shape index (κ1) is 14.0. The van der Waals surface area contributed by atoms with Crippen LogP contribution in [0.1, 0.15) is 11.3 Å². The number of hydrogen-bond acceptors (Lipinski definition) is 3. The van der Waals surface area contributed by atoms with Crippen LogP contribution in [0.4, 0.5) is 5.82 Å². The molecule has 1 N–H and O–H groups in total. The van der Waals surface area contributed by atoms with E-state index in [4.69, 9.17) is 0 Å². The average Bonchev–Trinajstić information content (AvgIpc) is 2.34. The lowest BCUT2D eigenvalue weighted by Crippen LogP contribution is -2.15. The van der Waals surface area contributed by atoms with Crippen LogP contribution < -0.4 is 4.72 Å². The molecule has 1 aromatic heterocycles. The van der Waals surface area contributed by atoms with Gasteiger partial charge in [0.2, 0.25) is 0 Å². The highest BCUT2D eigenvalue weighted by molar-refractivity contribution is 9.10. The largest absolute Gasteiger partial charge is 0.263 e. The molecule has 6 heteroatoms. The molecule has 0 radical (unpaired) electrons. The molecule has 0 saturated carbocycles. The number of halogens is 1. The SMILES string of the molecule is Cc1ccccc1S(=O)(=O)Nc1ccc(Br)c(C)n1. The normalized spacial score (nSPS) is 11.3. The molecule has 0 unspecified atom stereocenters. The number of rotatable bonds is 3. The molecule has 0 bridgehead atoms. The van der Waals surface area contributed by atoms with Crippen molar-refractivity contribution in [1.29, 1.82) is 0 Å². The number of benzene rings is 1. The summed E-state index contributed by atoms with van der Waals surface area (Å²) in [4.78, 5) is 4.44. The molecule has 0 aliphatic heterocycles. The van der Waals surface area contributed by atoms with Gasteiger partial charge in [-0.15, -0.1) is 0 Å². The van der Waals surface area contributed by atoms with Gasteiger partial charge in [0.05, 0.1) is 10.6 Å². The summed E-state index contributed by atoms with van der Waals surface area (Å²) < 4.78 is 27.8. The van der Waals surface area contributed by atoms with Crippen LogP contribution >= 0.6 is 15.9 Å². The summed E-state index contributed by atoms with van der Waals surface area (Å²) >= 11 is 3.33. The summed E-state index contributed by atoms with van der Waals surface area (Å²) in [6.07, 6.45) is 0. The molecule has 100 valence electrons. The Bertz CT molecular complexity index is 714.